The molecule has 1 aromatic heterocycles. The topological polar surface area (TPSA) is 42.0 Å². The first-order valence-corrected chi connectivity index (χ1v) is 9.71. The molecule has 0 bridgehead atoms. The summed E-state index contributed by atoms with van der Waals surface area (Å²) in [5, 5.41) is 3.61. The lowest BCUT2D eigenvalue weighted by Crippen LogP contribution is -2.22. The summed E-state index contributed by atoms with van der Waals surface area (Å²) in [5.41, 5.74) is 2.30. The second kappa shape index (κ2) is 8.63. The fraction of sp³-hybridized carbons (Fsp3) is 0.529. The summed E-state index contributed by atoms with van der Waals surface area (Å²) >= 11 is 5.00. The van der Waals surface area contributed by atoms with E-state index in [-0.39, 0.29) is 10.7 Å². The number of benzene rings is 1. The normalized spacial score (nSPS) is 12.5. The molecule has 2 rings (SSSR count). The van der Waals surface area contributed by atoms with Gasteiger partial charge in [-0.1, -0.05) is 66.4 Å². The lowest BCUT2D eigenvalue weighted by atomic mass is 10.1. The monoisotopic (exact) mass is 382 g/mol. The van der Waals surface area contributed by atoms with Gasteiger partial charge in [0, 0.05) is 0 Å². The molecule has 1 N–H and O–H groups in total. The van der Waals surface area contributed by atoms with Crippen LogP contribution < -0.4 is 5.32 Å². The molecule has 0 aliphatic heterocycles. The van der Waals surface area contributed by atoms with Crippen LogP contribution in [0.4, 0.5) is 5.13 Å². The zero-order valence-corrected chi connectivity index (χ0v) is 15.6. The summed E-state index contributed by atoms with van der Waals surface area (Å²) in [4.78, 5) is 16.5. The molecule has 1 atom stereocenters. The number of rotatable bonds is 8. The Bertz CT molecular complexity index is 626. The molecule has 0 spiro atoms. The van der Waals surface area contributed by atoms with E-state index in [1.54, 1.807) is 11.3 Å². The summed E-state index contributed by atoms with van der Waals surface area (Å²) in [6, 6.07) is 6.38. The first kappa shape index (κ1) is 17.4. The Hall–Kier alpha value is -0.940. The Morgan fingerprint density at radius 2 is 2.09 bits per heavy atom. The van der Waals surface area contributed by atoms with Crippen LogP contribution in [0.25, 0.3) is 10.2 Å². The largest absolute Gasteiger partial charge is 0.301 e. The van der Waals surface area contributed by atoms with Gasteiger partial charge in [-0.05, 0) is 37.0 Å². The lowest BCUT2D eigenvalue weighted by molar-refractivity contribution is -0.115. The highest BCUT2D eigenvalue weighted by atomic mass is 79.9. The molecule has 0 fully saturated rings. The summed E-state index contributed by atoms with van der Waals surface area (Å²) < 4.78 is 1.14. The number of anilines is 1. The fourth-order valence-electron chi connectivity index (χ4n) is 2.26. The Balaban J connectivity index is 2.04. The maximum Gasteiger partial charge on any atom is 0.239 e. The van der Waals surface area contributed by atoms with Crippen LogP contribution in [0.15, 0.2) is 18.2 Å². The van der Waals surface area contributed by atoms with E-state index in [0.717, 1.165) is 35.9 Å². The standard InChI is InChI=1S/C17H23BrN2OS/c1-3-5-7-12-9-10-14-15(11-12)22-17(19-14)20-16(21)13(18)8-6-4-2/h9-11,13H,3-8H2,1-2H3,(H,19,20,21)/t13-/m0/s1. The zero-order valence-electron chi connectivity index (χ0n) is 13.2. The van der Waals surface area contributed by atoms with E-state index in [1.165, 1.54) is 18.4 Å². The number of nitrogens with one attached hydrogen (secondary N) is 1. The van der Waals surface area contributed by atoms with E-state index >= 15 is 0 Å². The number of unbranched alkanes of at least 4 members (excludes halogenated alkanes) is 2. The number of fused-ring (bicyclic) bond motifs is 1. The number of nitrogens with zero attached hydrogens (tertiary/aromatic N) is 1. The molecule has 1 heterocycles. The molecular weight excluding hydrogens is 360 g/mol. The SMILES string of the molecule is CCCCc1ccc2nc(NC(=O)[C@@H](Br)CCCC)sc2c1. The predicted octanol–water partition coefficient (Wildman–Crippen LogP) is 5.53. The van der Waals surface area contributed by atoms with E-state index in [1.807, 2.05) is 0 Å². The van der Waals surface area contributed by atoms with Gasteiger partial charge in [-0.25, -0.2) is 4.98 Å². The highest BCUT2D eigenvalue weighted by molar-refractivity contribution is 9.10. The van der Waals surface area contributed by atoms with Crippen LogP contribution in [-0.2, 0) is 11.2 Å². The Labute approximate surface area is 144 Å². The number of carbonyl (C=O) groups excluding carboxylic acids is 1. The van der Waals surface area contributed by atoms with Crippen molar-refractivity contribution >= 4 is 48.5 Å². The lowest BCUT2D eigenvalue weighted by Gasteiger charge is -2.07. The molecule has 22 heavy (non-hydrogen) atoms. The van der Waals surface area contributed by atoms with Gasteiger partial charge in [-0.2, -0.15) is 0 Å². The van der Waals surface area contributed by atoms with Crippen LogP contribution in [0.2, 0.25) is 0 Å². The van der Waals surface area contributed by atoms with Crippen molar-refractivity contribution in [3.8, 4) is 0 Å². The molecule has 0 radical (unpaired) electrons. The van der Waals surface area contributed by atoms with Gasteiger partial charge in [0.1, 0.15) is 0 Å². The molecule has 0 aliphatic carbocycles. The third kappa shape index (κ3) is 4.78. The first-order valence-electron chi connectivity index (χ1n) is 7.98. The highest BCUT2D eigenvalue weighted by Crippen LogP contribution is 2.28. The van der Waals surface area contributed by atoms with Crippen LogP contribution in [-0.4, -0.2) is 15.7 Å². The molecular formula is C17H23BrN2OS. The zero-order chi connectivity index (χ0) is 15.9. The number of alkyl halides is 1. The van der Waals surface area contributed by atoms with E-state index in [2.05, 4.69) is 58.3 Å². The number of halogens is 1. The molecule has 1 amide bonds. The molecule has 2 aromatic rings. The smallest absolute Gasteiger partial charge is 0.239 e. The summed E-state index contributed by atoms with van der Waals surface area (Å²) in [5.74, 6) is -0.00119. The number of hydrogen-bond acceptors (Lipinski definition) is 3. The van der Waals surface area contributed by atoms with Gasteiger partial charge in [0.25, 0.3) is 0 Å². The van der Waals surface area contributed by atoms with Crippen LogP contribution >= 0.6 is 27.3 Å². The first-order chi connectivity index (χ1) is 10.6. The van der Waals surface area contributed by atoms with Crippen molar-refractivity contribution in [3.63, 3.8) is 0 Å². The predicted molar refractivity (Wildman–Crippen MR) is 99.1 cm³/mol. The van der Waals surface area contributed by atoms with E-state index in [0.29, 0.717) is 5.13 Å². The molecule has 3 nitrogen and oxygen atoms in total. The van der Waals surface area contributed by atoms with Gasteiger partial charge in [-0.3, -0.25) is 4.79 Å². The van der Waals surface area contributed by atoms with Crippen LogP contribution in [0.5, 0.6) is 0 Å². The number of hydrogen-bond donors (Lipinski definition) is 1. The minimum absolute atomic E-state index is 0.00119. The van der Waals surface area contributed by atoms with Crippen LogP contribution in [0.1, 0.15) is 51.5 Å². The van der Waals surface area contributed by atoms with Crippen molar-refractivity contribution in [2.45, 2.75) is 57.2 Å². The van der Waals surface area contributed by atoms with E-state index < -0.39 is 0 Å². The average molecular weight is 383 g/mol. The Morgan fingerprint density at radius 3 is 2.82 bits per heavy atom. The molecule has 5 heteroatoms. The summed E-state index contributed by atoms with van der Waals surface area (Å²) in [6.45, 7) is 4.33. The van der Waals surface area contributed by atoms with Gasteiger partial charge in [0.15, 0.2) is 5.13 Å². The van der Waals surface area contributed by atoms with Gasteiger partial charge in [-0.15, -0.1) is 0 Å². The van der Waals surface area contributed by atoms with Gasteiger partial charge in [0.2, 0.25) is 5.91 Å². The van der Waals surface area contributed by atoms with Crippen LogP contribution in [0, 0.1) is 0 Å². The third-order valence-electron chi connectivity index (χ3n) is 3.60. The minimum atomic E-state index is -0.139. The highest BCUT2D eigenvalue weighted by Gasteiger charge is 2.16. The van der Waals surface area contributed by atoms with E-state index in [9.17, 15) is 4.79 Å². The molecule has 0 saturated heterocycles. The van der Waals surface area contributed by atoms with Crippen molar-refractivity contribution < 1.29 is 4.79 Å². The second-order valence-corrected chi connectivity index (χ2v) is 7.66. The van der Waals surface area contributed by atoms with Crippen molar-refractivity contribution in [2.75, 3.05) is 5.32 Å². The van der Waals surface area contributed by atoms with Crippen LogP contribution in [0.3, 0.4) is 0 Å². The molecule has 120 valence electrons. The van der Waals surface area contributed by atoms with Crippen molar-refractivity contribution in [2.24, 2.45) is 0 Å². The Kier molecular flexibility index (Phi) is 6.83. The number of aryl methyl sites for hydroxylation is 1. The molecule has 1 aromatic carbocycles. The third-order valence-corrected chi connectivity index (χ3v) is 5.40. The summed E-state index contributed by atoms with van der Waals surface area (Å²) in [7, 11) is 0. The van der Waals surface area contributed by atoms with Crippen molar-refractivity contribution in [1.82, 2.24) is 4.98 Å². The average Bonchev–Trinajstić information content (AvgIpc) is 2.91. The minimum Gasteiger partial charge on any atom is -0.301 e. The summed E-state index contributed by atoms with van der Waals surface area (Å²) in [6.07, 6.45) is 6.50. The fourth-order valence-corrected chi connectivity index (χ4v) is 3.63. The second-order valence-electron chi connectivity index (χ2n) is 5.52. The molecule has 0 saturated carbocycles. The molecule has 0 unspecified atom stereocenters. The van der Waals surface area contributed by atoms with Gasteiger partial charge < -0.3 is 5.32 Å². The maximum atomic E-state index is 12.1. The maximum absolute atomic E-state index is 12.1. The number of amides is 1. The molecule has 0 aliphatic rings. The number of thiazole rings is 1. The van der Waals surface area contributed by atoms with Gasteiger partial charge >= 0.3 is 0 Å². The Morgan fingerprint density at radius 1 is 1.32 bits per heavy atom. The van der Waals surface area contributed by atoms with Gasteiger partial charge in [0.05, 0.1) is 15.0 Å². The van der Waals surface area contributed by atoms with Crippen molar-refractivity contribution in [3.05, 3.63) is 23.8 Å². The number of carbonyl (C=O) groups is 1. The van der Waals surface area contributed by atoms with E-state index in [4.69, 9.17) is 0 Å². The van der Waals surface area contributed by atoms with Crippen molar-refractivity contribution in [1.29, 1.82) is 0 Å². The number of aromatic nitrogens is 1. The quantitative estimate of drug-likeness (QED) is 0.609.